The van der Waals surface area contributed by atoms with Crippen LogP contribution in [0.15, 0.2) is 0 Å². The van der Waals surface area contributed by atoms with Gasteiger partial charge in [-0.25, -0.2) is 0 Å². The van der Waals surface area contributed by atoms with Gasteiger partial charge in [0, 0.05) is 12.6 Å². The van der Waals surface area contributed by atoms with Crippen LogP contribution in [-0.4, -0.2) is 41.8 Å². The molecule has 3 fully saturated rings. The number of ether oxygens (including phenoxy) is 1. The van der Waals surface area contributed by atoms with Gasteiger partial charge in [-0.3, -0.25) is 10.1 Å². The van der Waals surface area contributed by atoms with E-state index >= 15 is 0 Å². The molecule has 108 valence electrons. The SMILES string of the molecule is CC1(C)CC(N2C(=O)CNC2C2CCCC2)CCO1. The van der Waals surface area contributed by atoms with Crippen LogP contribution >= 0.6 is 0 Å². The summed E-state index contributed by atoms with van der Waals surface area (Å²) < 4.78 is 5.79. The first kappa shape index (κ1) is 13.4. The molecule has 2 saturated heterocycles. The molecule has 1 aliphatic carbocycles. The van der Waals surface area contributed by atoms with Crippen LogP contribution in [0.25, 0.3) is 0 Å². The maximum Gasteiger partial charge on any atom is 0.238 e. The summed E-state index contributed by atoms with van der Waals surface area (Å²) in [7, 11) is 0. The van der Waals surface area contributed by atoms with Gasteiger partial charge in [0.2, 0.25) is 5.91 Å². The van der Waals surface area contributed by atoms with Gasteiger partial charge in [-0.05, 0) is 45.4 Å². The standard InChI is InChI=1S/C15H26N2O2/c1-15(2)9-12(7-8-19-15)17-13(18)10-16-14(17)11-5-3-4-6-11/h11-12,14,16H,3-10H2,1-2H3. The van der Waals surface area contributed by atoms with Crippen molar-refractivity contribution >= 4 is 5.91 Å². The lowest BCUT2D eigenvalue weighted by Gasteiger charge is -2.43. The van der Waals surface area contributed by atoms with Crippen molar-refractivity contribution in [3.05, 3.63) is 0 Å². The Bertz CT molecular complexity index is 350. The highest BCUT2D eigenvalue weighted by molar-refractivity contribution is 5.81. The van der Waals surface area contributed by atoms with Gasteiger partial charge in [-0.15, -0.1) is 0 Å². The predicted molar refractivity (Wildman–Crippen MR) is 73.6 cm³/mol. The van der Waals surface area contributed by atoms with Crippen LogP contribution < -0.4 is 5.32 Å². The van der Waals surface area contributed by atoms with E-state index in [0.717, 1.165) is 19.4 Å². The smallest absolute Gasteiger partial charge is 0.238 e. The highest BCUT2D eigenvalue weighted by Gasteiger charge is 2.43. The molecule has 2 atom stereocenters. The zero-order valence-corrected chi connectivity index (χ0v) is 12.2. The third kappa shape index (κ3) is 2.65. The van der Waals surface area contributed by atoms with Crippen LogP contribution in [0.2, 0.25) is 0 Å². The van der Waals surface area contributed by atoms with Crippen molar-refractivity contribution in [2.75, 3.05) is 13.2 Å². The van der Waals surface area contributed by atoms with Crippen LogP contribution in [0.1, 0.15) is 52.4 Å². The van der Waals surface area contributed by atoms with Gasteiger partial charge in [-0.2, -0.15) is 0 Å². The molecule has 0 radical (unpaired) electrons. The number of nitrogens with zero attached hydrogens (tertiary/aromatic N) is 1. The van der Waals surface area contributed by atoms with Gasteiger partial charge in [-0.1, -0.05) is 12.8 Å². The number of carbonyl (C=O) groups is 1. The molecule has 0 spiro atoms. The van der Waals surface area contributed by atoms with E-state index in [4.69, 9.17) is 4.74 Å². The molecule has 1 amide bonds. The Hall–Kier alpha value is -0.610. The number of hydrogen-bond donors (Lipinski definition) is 1. The summed E-state index contributed by atoms with van der Waals surface area (Å²) in [6.45, 7) is 5.58. The molecule has 4 nitrogen and oxygen atoms in total. The summed E-state index contributed by atoms with van der Waals surface area (Å²) in [6, 6.07) is 0.358. The zero-order chi connectivity index (χ0) is 13.5. The van der Waals surface area contributed by atoms with Gasteiger partial charge in [0.15, 0.2) is 0 Å². The predicted octanol–water partition coefficient (Wildman–Crippen LogP) is 1.89. The van der Waals surface area contributed by atoms with Crippen LogP contribution in [0.5, 0.6) is 0 Å². The maximum absolute atomic E-state index is 12.3. The fourth-order valence-electron chi connectivity index (χ4n) is 4.07. The minimum absolute atomic E-state index is 0.0913. The van der Waals surface area contributed by atoms with Crippen molar-refractivity contribution in [1.82, 2.24) is 10.2 Å². The Morgan fingerprint density at radius 3 is 2.68 bits per heavy atom. The molecule has 4 heteroatoms. The van der Waals surface area contributed by atoms with E-state index in [-0.39, 0.29) is 11.8 Å². The molecule has 3 rings (SSSR count). The van der Waals surface area contributed by atoms with Crippen molar-refractivity contribution in [3.8, 4) is 0 Å². The first-order valence-electron chi connectivity index (χ1n) is 7.75. The Kier molecular flexibility index (Phi) is 3.56. The lowest BCUT2D eigenvalue weighted by molar-refractivity contribution is -0.138. The van der Waals surface area contributed by atoms with Crippen LogP contribution in [0.3, 0.4) is 0 Å². The summed E-state index contributed by atoms with van der Waals surface area (Å²) >= 11 is 0. The largest absolute Gasteiger partial charge is 0.375 e. The van der Waals surface area contributed by atoms with Crippen molar-refractivity contribution in [1.29, 1.82) is 0 Å². The van der Waals surface area contributed by atoms with Gasteiger partial charge in [0.25, 0.3) is 0 Å². The van der Waals surface area contributed by atoms with Gasteiger partial charge in [0.1, 0.15) is 0 Å². The second-order valence-corrected chi connectivity index (χ2v) is 6.93. The lowest BCUT2D eigenvalue weighted by atomic mass is 9.91. The minimum Gasteiger partial charge on any atom is -0.375 e. The molecule has 1 N–H and O–H groups in total. The number of nitrogens with one attached hydrogen (secondary N) is 1. The number of rotatable bonds is 2. The summed E-state index contributed by atoms with van der Waals surface area (Å²) in [5.41, 5.74) is -0.0913. The maximum atomic E-state index is 12.3. The van der Waals surface area contributed by atoms with Crippen LogP contribution in [0.4, 0.5) is 0 Å². The van der Waals surface area contributed by atoms with Gasteiger partial charge >= 0.3 is 0 Å². The van der Waals surface area contributed by atoms with E-state index in [9.17, 15) is 4.79 Å². The average molecular weight is 266 g/mol. The topological polar surface area (TPSA) is 41.6 Å². The average Bonchev–Trinajstić information content (AvgIpc) is 2.96. The molecule has 3 aliphatic rings. The molecule has 1 saturated carbocycles. The Morgan fingerprint density at radius 1 is 1.26 bits per heavy atom. The molecule has 2 heterocycles. The van der Waals surface area contributed by atoms with Gasteiger partial charge in [0.05, 0.1) is 18.3 Å². The third-order valence-corrected chi connectivity index (χ3v) is 4.96. The third-order valence-electron chi connectivity index (χ3n) is 4.96. The minimum atomic E-state index is -0.0913. The van der Waals surface area contributed by atoms with E-state index in [1.807, 2.05) is 0 Å². The van der Waals surface area contributed by atoms with Crippen molar-refractivity contribution < 1.29 is 9.53 Å². The highest BCUT2D eigenvalue weighted by Crippen LogP contribution is 2.35. The summed E-state index contributed by atoms with van der Waals surface area (Å²) in [5.74, 6) is 0.956. The summed E-state index contributed by atoms with van der Waals surface area (Å²) in [4.78, 5) is 14.4. The van der Waals surface area contributed by atoms with E-state index in [1.54, 1.807) is 0 Å². The van der Waals surface area contributed by atoms with Crippen molar-refractivity contribution in [2.24, 2.45) is 5.92 Å². The fraction of sp³-hybridized carbons (Fsp3) is 0.933. The second kappa shape index (κ2) is 5.06. The molecular weight excluding hydrogens is 240 g/mol. The molecule has 2 aliphatic heterocycles. The Morgan fingerprint density at radius 2 is 2.00 bits per heavy atom. The lowest BCUT2D eigenvalue weighted by Crippen LogP contribution is -2.52. The molecule has 0 aromatic rings. The molecule has 0 bridgehead atoms. The van der Waals surface area contributed by atoms with E-state index in [2.05, 4.69) is 24.1 Å². The number of amides is 1. The van der Waals surface area contributed by atoms with Crippen molar-refractivity contribution in [2.45, 2.75) is 70.2 Å². The fourth-order valence-corrected chi connectivity index (χ4v) is 4.07. The molecule has 0 aromatic heterocycles. The molecular formula is C15H26N2O2. The molecule has 19 heavy (non-hydrogen) atoms. The number of carbonyl (C=O) groups excluding carboxylic acids is 1. The second-order valence-electron chi connectivity index (χ2n) is 6.93. The van der Waals surface area contributed by atoms with Gasteiger partial charge < -0.3 is 9.64 Å². The van der Waals surface area contributed by atoms with E-state index in [0.29, 0.717) is 24.4 Å². The summed E-state index contributed by atoms with van der Waals surface area (Å²) in [6.07, 6.45) is 7.43. The number of hydrogen-bond acceptors (Lipinski definition) is 3. The molecule has 0 aromatic carbocycles. The van der Waals surface area contributed by atoms with Crippen LogP contribution in [0, 0.1) is 5.92 Å². The quantitative estimate of drug-likeness (QED) is 0.830. The Balaban J connectivity index is 1.74. The van der Waals surface area contributed by atoms with Crippen molar-refractivity contribution in [3.63, 3.8) is 0 Å². The first-order valence-corrected chi connectivity index (χ1v) is 7.75. The normalized spacial score (nSPS) is 36.1. The zero-order valence-electron chi connectivity index (χ0n) is 12.2. The molecule has 2 unspecified atom stereocenters. The van der Waals surface area contributed by atoms with E-state index in [1.165, 1.54) is 25.7 Å². The first-order chi connectivity index (χ1) is 9.07. The Labute approximate surface area is 115 Å². The van der Waals surface area contributed by atoms with Crippen LogP contribution in [-0.2, 0) is 9.53 Å². The summed E-state index contributed by atoms with van der Waals surface area (Å²) in [5, 5.41) is 3.46. The highest BCUT2D eigenvalue weighted by atomic mass is 16.5. The monoisotopic (exact) mass is 266 g/mol. The van der Waals surface area contributed by atoms with E-state index < -0.39 is 0 Å².